The van der Waals surface area contributed by atoms with Crippen molar-refractivity contribution in [1.82, 2.24) is 0 Å². The Morgan fingerprint density at radius 3 is 3.06 bits per heavy atom. The van der Waals surface area contributed by atoms with Crippen LogP contribution in [-0.4, -0.2) is 16.5 Å². The van der Waals surface area contributed by atoms with Crippen LogP contribution in [0.1, 0.15) is 20.3 Å². The second kappa shape index (κ2) is 5.78. The Labute approximate surface area is 106 Å². The second-order valence-corrected chi connectivity index (χ2v) is 6.31. The summed E-state index contributed by atoms with van der Waals surface area (Å²) in [6.45, 7) is 4.48. The third kappa shape index (κ3) is 2.83. The Kier molecular flexibility index (Phi) is 4.36. The van der Waals surface area contributed by atoms with Gasteiger partial charge in [-0.2, -0.15) is 0 Å². The summed E-state index contributed by atoms with van der Waals surface area (Å²) >= 11 is 3.82. The van der Waals surface area contributed by atoms with Gasteiger partial charge in [0.15, 0.2) is 0 Å². The lowest BCUT2D eigenvalue weighted by molar-refractivity contribution is 0.756. The van der Waals surface area contributed by atoms with Crippen molar-refractivity contribution in [2.75, 3.05) is 11.5 Å². The van der Waals surface area contributed by atoms with E-state index in [1.54, 1.807) is 0 Å². The average molecular weight is 251 g/mol. The highest BCUT2D eigenvalue weighted by Gasteiger charge is 2.15. The van der Waals surface area contributed by atoms with Crippen LogP contribution in [0.4, 0.5) is 5.69 Å². The van der Waals surface area contributed by atoms with Gasteiger partial charge in [-0.3, -0.25) is 0 Å². The molecule has 0 bridgehead atoms. The summed E-state index contributed by atoms with van der Waals surface area (Å²) in [5.74, 6) is 2.91. The molecular formula is C13H17NS2. The first-order valence-corrected chi connectivity index (χ1v) is 7.71. The van der Waals surface area contributed by atoms with E-state index in [2.05, 4.69) is 38.1 Å². The molecule has 0 amide bonds. The molecule has 0 aliphatic carbocycles. The molecule has 86 valence electrons. The van der Waals surface area contributed by atoms with Gasteiger partial charge in [0.25, 0.3) is 0 Å². The molecule has 1 aliphatic heterocycles. The molecule has 0 radical (unpaired) electrons. The van der Waals surface area contributed by atoms with Gasteiger partial charge in [-0.15, -0.1) is 23.5 Å². The largest absolute Gasteiger partial charge is 0.245 e. The number of benzene rings is 1. The molecule has 1 atom stereocenters. The monoisotopic (exact) mass is 251 g/mol. The number of thioether (sulfide) groups is 2. The molecule has 0 fully saturated rings. The van der Waals surface area contributed by atoms with Gasteiger partial charge in [0.1, 0.15) is 0 Å². The van der Waals surface area contributed by atoms with Gasteiger partial charge in [0.2, 0.25) is 0 Å². The number of hydrogen-bond donors (Lipinski definition) is 0. The molecule has 1 aromatic carbocycles. The normalized spacial score (nSPS) is 20.6. The van der Waals surface area contributed by atoms with E-state index in [4.69, 9.17) is 4.99 Å². The molecule has 3 heteroatoms. The highest BCUT2D eigenvalue weighted by atomic mass is 32.2. The maximum absolute atomic E-state index is 4.83. The molecular weight excluding hydrogens is 234 g/mol. The highest BCUT2D eigenvalue weighted by molar-refractivity contribution is 8.14. The summed E-state index contributed by atoms with van der Waals surface area (Å²) in [7, 11) is 0. The minimum Gasteiger partial charge on any atom is -0.245 e. The van der Waals surface area contributed by atoms with Crippen molar-refractivity contribution in [2.24, 2.45) is 10.9 Å². The van der Waals surface area contributed by atoms with Crippen molar-refractivity contribution < 1.29 is 0 Å². The average Bonchev–Trinajstić information content (AvgIpc) is 2.28. The Hall–Kier alpha value is -0.410. The summed E-state index contributed by atoms with van der Waals surface area (Å²) < 4.78 is 0. The summed E-state index contributed by atoms with van der Waals surface area (Å²) in [5.41, 5.74) is 1.15. The number of rotatable bonds is 1. The molecule has 16 heavy (non-hydrogen) atoms. The molecule has 0 spiro atoms. The summed E-state index contributed by atoms with van der Waals surface area (Å²) in [4.78, 5) is 6.15. The van der Waals surface area contributed by atoms with Crippen LogP contribution in [0.15, 0.2) is 34.2 Å². The van der Waals surface area contributed by atoms with Gasteiger partial charge in [-0.1, -0.05) is 26.0 Å². The van der Waals surface area contributed by atoms with Crippen LogP contribution < -0.4 is 0 Å². The van der Waals surface area contributed by atoms with Crippen LogP contribution in [-0.2, 0) is 0 Å². The molecule has 1 aromatic rings. The Morgan fingerprint density at radius 1 is 1.44 bits per heavy atom. The van der Waals surface area contributed by atoms with Crippen LogP contribution in [0.3, 0.4) is 0 Å². The molecule has 1 heterocycles. The SMILES string of the molecule is CCSC1=Nc2ccccc2SCCC1C. The fourth-order valence-corrected chi connectivity index (χ4v) is 3.68. The zero-order valence-corrected chi connectivity index (χ0v) is 11.4. The van der Waals surface area contributed by atoms with E-state index in [-0.39, 0.29) is 0 Å². The first-order valence-electron chi connectivity index (χ1n) is 5.74. The highest BCUT2D eigenvalue weighted by Crippen LogP contribution is 2.35. The molecule has 1 nitrogen and oxygen atoms in total. The van der Waals surface area contributed by atoms with E-state index in [1.807, 2.05) is 23.5 Å². The molecule has 0 aromatic heterocycles. The number of para-hydroxylation sites is 1. The lowest BCUT2D eigenvalue weighted by atomic mass is 10.1. The van der Waals surface area contributed by atoms with E-state index < -0.39 is 0 Å². The summed E-state index contributed by atoms with van der Waals surface area (Å²) in [6, 6.07) is 8.47. The van der Waals surface area contributed by atoms with Crippen molar-refractivity contribution in [2.45, 2.75) is 25.2 Å². The quantitative estimate of drug-likeness (QED) is 0.723. The maximum Gasteiger partial charge on any atom is 0.0775 e. The van der Waals surface area contributed by atoms with E-state index in [0.29, 0.717) is 5.92 Å². The minimum absolute atomic E-state index is 0.603. The standard InChI is InChI=1S/C13H17NS2/c1-3-15-13-10(2)8-9-16-12-7-5-4-6-11(12)14-13/h4-7,10H,3,8-9H2,1-2H3. The Bertz CT molecular complexity index is 387. The molecule has 0 N–H and O–H groups in total. The lowest BCUT2D eigenvalue weighted by Gasteiger charge is -2.18. The van der Waals surface area contributed by atoms with E-state index >= 15 is 0 Å². The van der Waals surface area contributed by atoms with Crippen molar-refractivity contribution >= 4 is 34.3 Å². The van der Waals surface area contributed by atoms with Crippen LogP contribution >= 0.6 is 23.5 Å². The molecule has 0 saturated heterocycles. The Morgan fingerprint density at radius 2 is 2.25 bits per heavy atom. The first kappa shape index (κ1) is 12.1. The fraction of sp³-hybridized carbons (Fsp3) is 0.462. The molecule has 0 saturated carbocycles. The number of hydrogen-bond acceptors (Lipinski definition) is 3. The predicted octanol–water partition coefficient (Wildman–Crippen LogP) is 4.60. The van der Waals surface area contributed by atoms with Gasteiger partial charge >= 0.3 is 0 Å². The van der Waals surface area contributed by atoms with Crippen molar-refractivity contribution in [1.29, 1.82) is 0 Å². The van der Waals surface area contributed by atoms with Crippen LogP contribution in [0, 0.1) is 5.92 Å². The van der Waals surface area contributed by atoms with Crippen LogP contribution in [0.2, 0.25) is 0 Å². The van der Waals surface area contributed by atoms with E-state index in [9.17, 15) is 0 Å². The second-order valence-electron chi connectivity index (χ2n) is 3.89. The number of nitrogens with zero attached hydrogens (tertiary/aromatic N) is 1. The molecule has 2 rings (SSSR count). The van der Waals surface area contributed by atoms with Crippen LogP contribution in [0.5, 0.6) is 0 Å². The minimum atomic E-state index is 0.603. The summed E-state index contributed by atoms with van der Waals surface area (Å²) in [5, 5.41) is 1.30. The molecule has 1 unspecified atom stereocenters. The first-order chi connectivity index (χ1) is 7.81. The van der Waals surface area contributed by atoms with E-state index in [1.165, 1.54) is 22.1 Å². The fourth-order valence-electron chi connectivity index (χ4n) is 1.69. The topological polar surface area (TPSA) is 12.4 Å². The zero-order chi connectivity index (χ0) is 11.4. The van der Waals surface area contributed by atoms with Crippen molar-refractivity contribution in [3.63, 3.8) is 0 Å². The smallest absolute Gasteiger partial charge is 0.0775 e. The maximum atomic E-state index is 4.83. The third-order valence-electron chi connectivity index (χ3n) is 2.62. The number of fused-ring (bicyclic) bond motifs is 1. The van der Waals surface area contributed by atoms with Gasteiger partial charge in [-0.25, -0.2) is 4.99 Å². The predicted molar refractivity (Wildman–Crippen MR) is 76.2 cm³/mol. The van der Waals surface area contributed by atoms with Crippen molar-refractivity contribution in [3.8, 4) is 0 Å². The van der Waals surface area contributed by atoms with Gasteiger partial charge < -0.3 is 0 Å². The van der Waals surface area contributed by atoms with Gasteiger partial charge in [-0.05, 0) is 30.1 Å². The van der Waals surface area contributed by atoms with Crippen molar-refractivity contribution in [3.05, 3.63) is 24.3 Å². The third-order valence-corrected chi connectivity index (χ3v) is 4.79. The lowest BCUT2D eigenvalue weighted by Crippen LogP contribution is -2.10. The van der Waals surface area contributed by atoms with Crippen LogP contribution in [0.25, 0.3) is 0 Å². The molecule has 1 aliphatic rings. The Balaban J connectivity index is 2.36. The van der Waals surface area contributed by atoms with Gasteiger partial charge in [0.05, 0.1) is 10.7 Å². The van der Waals surface area contributed by atoms with Gasteiger partial charge in [0, 0.05) is 10.8 Å². The van der Waals surface area contributed by atoms with E-state index in [0.717, 1.165) is 11.4 Å². The summed E-state index contributed by atoms with van der Waals surface area (Å²) in [6.07, 6.45) is 1.23. The number of aliphatic imine (C=N–C) groups is 1. The zero-order valence-electron chi connectivity index (χ0n) is 9.77.